The fourth-order valence-electron chi connectivity index (χ4n) is 3.92. The van der Waals surface area contributed by atoms with Gasteiger partial charge in [-0.15, -0.1) is 0 Å². The second-order valence-corrected chi connectivity index (χ2v) is 8.16. The maximum absolute atomic E-state index is 13.3. The van der Waals surface area contributed by atoms with Crippen LogP contribution in [0.5, 0.6) is 0 Å². The van der Waals surface area contributed by atoms with Gasteiger partial charge in [-0.2, -0.15) is 5.10 Å². The molecule has 1 aliphatic heterocycles. The summed E-state index contributed by atoms with van der Waals surface area (Å²) < 4.78 is 1.69. The van der Waals surface area contributed by atoms with E-state index in [1.54, 1.807) is 16.9 Å². The molecule has 2 aromatic heterocycles. The van der Waals surface area contributed by atoms with Crippen LogP contribution in [0.1, 0.15) is 49.2 Å². The fourth-order valence-corrected chi connectivity index (χ4v) is 3.92. The Balaban J connectivity index is 1.61. The van der Waals surface area contributed by atoms with Gasteiger partial charge in [0.25, 0.3) is 5.91 Å². The molecule has 1 atom stereocenters. The number of rotatable bonds is 4. The second kappa shape index (κ2) is 6.94. The zero-order valence-corrected chi connectivity index (χ0v) is 16.3. The minimum atomic E-state index is -0.0656. The van der Waals surface area contributed by atoms with Crippen molar-refractivity contribution in [3.05, 3.63) is 29.7 Å². The molecule has 7 nitrogen and oxygen atoms in total. The highest BCUT2D eigenvalue weighted by Gasteiger charge is 2.37. The Hall–Kier alpha value is -2.44. The van der Waals surface area contributed by atoms with Crippen molar-refractivity contribution in [2.24, 2.45) is 11.8 Å². The lowest BCUT2D eigenvalue weighted by atomic mass is 10.0. The van der Waals surface area contributed by atoms with Gasteiger partial charge in [0.1, 0.15) is 0 Å². The summed E-state index contributed by atoms with van der Waals surface area (Å²) in [6.07, 6.45) is 6.13. The van der Waals surface area contributed by atoms with Crippen molar-refractivity contribution in [1.82, 2.24) is 24.4 Å². The number of nitrogens with zero attached hydrogens (tertiary/aromatic N) is 5. The van der Waals surface area contributed by atoms with Crippen LogP contribution in [0, 0.1) is 18.8 Å². The number of hydrogen-bond acceptors (Lipinski definition) is 4. The summed E-state index contributed by atoms with van der Waals surface area (Å²) in [4.78, 5) is 34.3. The van der Waals surface area contributed by atoms with Crippen LogP contribution in [0.2, 0.25) is 0 Å². The second-order valence-electron chi connectivity index (χ2n) is 8.16. The molecule has 0 N–H and O–H groups in total. The summed E-state index contributed by atoms with van der Waals surface area (Å²) in [5, 5.41) is 4.25. The van der Waals surface area contributed by atoms with E-state index in [2.05, 4.69) is 23.9 Å². The quantitative estimate of drug-likeness (QED) is 0.828. The number of aromatic nitrogens is 3. The molecule has 0 bridgehead atoms. The molecule has 0 unspecified atom stereocenters. The Labute approximate surface area is 159 Å². The van der Waals surface area contributed by atoms with Gasteiger partial charge in [0.05, 0.1) is 23.5 Å². The van der Waals surface area contributed by atoms with E-state index in [1.165, 1.54) is 12.8 Å². The minimum absolute atomic E-state index is 0.0613. The number of carbonyl (C=O) groups excluding carboxylic acids is 2. The van der Waals surface area contributed by atoms with Crippen LogP contribution in [-0.2, 0) is 4.79 Å². The third-order valence-corrected chi connectivity index (χ3v) is 5.82. The van der Waals surface area contributed by atoms with Gasteiger partial charge in [-0.05, 0) is 31.6 Å². The van der Waals surface area contributed by atoms with Crippen LogP contribution in [0.25, 0.3) is 5.65 Å². The molecule has 2 aromatic rings. The van der Waals surface area contributed by atoms with E-state index < -0.39 is 0 Å². The number of amides is 2. The van der Waals surface area contributed by atoms with E-state index in [0.717, 1.165) is 17.9 Å². The molecule has 144 valence electrons. The van der Waals surface area contributed by atoms with Gasteiger partial charge < -0.3 is 9.80 Å². The molecule has 4 rings (SSSR count). The lowest BCUT2D eigenvalue weighted by Crippen LogP contribution is -2.48. The van der Waals surface area contributed by atoms with Gasteiger partial charge in [0.2, 0.25) is 5.91 Å². The Morgan fingerprint density at radius 2 is 2.11 bits per heavy atom. The average Bonchev–Trinajstić information content (AvgIpc) is 3.36. The molecule has 1 saturated carbocycles. The van der Waals surface area contributed by atoms with E-state index in [0.29, 0.717) is 36.9 Å². The molecule has 3 heterocycles. The van der Waals surface area contributed by atoms with E-state index in [-0.39, 0.29) is 17.9 Å². The molecule has 0 spiro atoms. The highest BCUT2D eigenvalue weighted by molar-refractivity contribution is 5.95. The summed E-state index contributed by atoms with van der Waals surface area (Å²) in [5.41, 5.74) is 2.06. The topological polar surface area (TPSA) is 70.8 Å². The summed E-state index contributed by atoms with van der Waals surface area (Å²) in [7, 11) is 0. The monoisotopic (exact) mass is 369 g/mol. The standard InChI is InChI=1S/C20H27N5O2/c1-13(2)17-12-23(9-7-19(26)24(17)11-15-4-5-15)20(27)16-10-21-18-6-8-22-25(18)14(16)3/h6,8,10,13,15,17H,4-5,7,9,11-12H2,1-3H3/t17-/m0/s1. The maximum atomic E-state index is 13.3. The highest BCUT2D eigenvalue weighted by Crippen LogP contribution is 2.32. The van der Waals surface area contributed by atoms with Crippen molar-refractivity contribution in [1.29, 1.82) is 0 Å². The van der Waals surface area contributed by atoms with E-state index in [9.17, 15) is 9.59 Å². The number of aryl methyl sites for hydroxylation is 1. The predicted octanol–water partition coefficient (Wildman–Crippen LogP) is 2.15. The van der Waals surface area contributed by atoms with Crippen LogP contribution >= 0.6 is 0 Å². The Kier molecular flexibility index (Phi) is 4.61. The van der Waals surface area contributed by atoms with E-state index >= 15 is 0 Å². The molecule has 1 saturated heterocycles. The Morgan fingerprint density at radius 3 is 2.81 bits per heavy atom. The van der Waals surface area contributed by atoms with Gasteiger partial charge in [0.15, 0.2) is 5.65 Å². The van der Waals surface area contributed by atoms with Crippen molar-refractivity contribution < 1.29 is 9.59 Å². The lowest BCUT2D eigenvalue weighted by Gasteiger charge is -2.35. The summed E-state index contributed by atoms with van der Waals surface area (Å²) in [6.45, 7) is 8.02. The van der Waals surface area contributed by atoms with E-state index in [1.807, 2.05) is 22.8 Å². The molecule has 7 heteroatoms. The molecular formula is C20H27N5O2. The molecule has 2 fully saturated rings. The smallest absolute Gasteiger partial charge is 0.257 e. The first-order valence-electron chi connectivity index (χ1n) is 9.83. The lowest BCUT2D eigenvalue weighted by molar-refractivity contribution is -0.133. The molecule has 1 aliphatic carbocycles. The van der Waals surface area contributed by atoms with Gasteiger partial charge >= 0.3 is 0 Å². The third kappa shape index (κ3) is 3.42. The van der Waals surface area contributed by atoms with Crippen LogP contribution < -0.4 is 0 Å². The van der Waals surface area contributed by atoms with Gasteiger partial charge in [-0.1, -0.05) is 13.8 Å². The molecule has 0 aromatic carbocycles. The first kappa shape index (κ1) is 17.9. The largest absolute Gasteiger partial charge is 0.337 e. The number of carbonyl (C=O) groups is 2. The Morgan fingerprint density at radius 1 is 1.33 bits per heavy atom. The number of fused-ring (bicyclic) bond motifs is 1. The summed E-state index contributed by atoms with van der Waals surface area (Å²) in [5.74, 6) is 1.05. The van der Waals surface area contributed by atoms with Crippen molar-refractivity contribution in [3.63, 3.8) is 0 Å². The van der Waals surface area contributed by atoms with E-state index in [4.69, 9.17) is 0 Å². The van der Waals surface area contributed by atoms with Crippen molar-refractivity contribution >= 4 is 17.5 Å². The van der Waals surface area contributed by atoms with Gasteiger partial charge in [-0.25, -0.2) is 9.50 Å². The minimum Gasteiger partial charge on any atom is -0.337 e. The highest BCUT2D eigenvalue weighted by atomic mass is 16.2. The predicted molar refractivity (Wildman–Crippen MR) is 101 cm³/mol. The zero-order valence-electron chi connectivity index (χ0n) is 16.3. The first-order chi connectivity index (χ1) is 13.0. The van der Waals surface area contributed by atoms with Gasteiger partial charge in [-0.3, -0.25) is 9.59 Å². The summed E-state index contributed by atoms with van der Waals surface area (Å²) >= 11 is 0. The van der Waals surface area contributed by atoms with Crippen molar-refractivity contribution in [2.45, 2.75) is 46.1 Å². The maximum Gasteiger partial charge on any atom is 0.257 e. The van der Waals surface area contributed by atoms with Crippen LogP contribution in [0.15, 0.2) is 18.5 Å². The van der Waals surface area contributed by atoms with Crippen LogP contribution in [0.3, 0.4) is 0 Å². The molecule has 2 aliphatic rings. The average molecular weight is 369 g/mol. The summed E-state index contributed by atoms with van der Waals surface area (Å²) in [6, 6.07) is 1.88. The third-order valence-electron chi connectivity index (χ3n) is 5.82. The zero-order chi connectivity index (χ0) is 19.1. The first-order valence-corrected chi connectivity index (χ1v) is 9.83. The molecule has 0 radical (unpaired) electrons. The molecular weight excluding hydrogens is 342 g/mol. The van der Waals surface area contributed by atoms with Crippen LogP contribution in [-0.4, -0.2) is 61.9 Å². The van der Waals surface area contributed by atoms with Gasteiger partial charge in [0, 0.05) is 38.3 Å². The molecule has 27 heavy (non-hydrogen) atoms. The van der Waals surface area contributed by atoms with Crippen molar-refractivity contribution in [3.8, 4) is 0 Å². The van der Waals surface area contributed by atoms with Crippen LogP contribution in [0.4, 0.5) is 0 Å². The Bertz CT molecular complexity index is 870. The number of hydrogen-bond donors (Lipinski definition) is 0. The fraction of sp³-hybridized carbons (Fsp3) is 0.600. The SMILES string of the molecule is Cc1c(C(=O)N2CCC(=O)N(CC3CC3)[C@H](C(C)C)C2)cnc2ccnn12. The van der Waals surface area contributed by atoms with Crippen molar-refractivity contribution in [2.75, 3.05) is 19.6 Å². The normalized spacial score (nSPS) is 21.2. The molecule has 2 amide bonds.